The van der Waals surface area contributed by atoms with Crippen molar-refractivity contribution in [2.75, 3.05) is 5.48 Å². The van der Waals surface area contributed by atoms with Gasteiger partial charge in [0, 0.05) is 6.20 Å². The summed E-state index contributed by atoms with van der Waals surface area (Å²) in [6.45, 7) is 5.54. The van der Waals surface area contributed by atoms with Crippen LogP contribution in [0.1, 0.15) is 27.0 Å². The third-order valence-electron chi connectivity index (χ3n) is 3.48. The number of rotatable bonds is 2. The minimum atomic E-state index is -0.699. The van der Waals surface area contributed by atoms with Crippen LogP contribution in [0.5, 0.6) is 0 Å². The van der Waals surface area contributed by atoms with Crippen LogP contribution in [0.25, 0.3) is 0 Å². The Morgan fingerprint density at radius 1 is 1.40 bits per heavy atom. The van der Waals surface area contributed by atoms with E-state index in [1.54, 1.807) is 0 Å². The molecule has 0 aromatic carbocycles. The summed E-state index contributed by atoms with van der Waals surface area (Å²) in [7, 11) is 0. The lowest BCUT2D eigenvalue weighted by Crippen LogP contribution is -2.34. The lowest BCUT2D eigenvalue weighted by atomic mass is 10.1. The summed E-state index contributed by atoms with van der Waals surface area (Å²) < 4.78 is 18.7. The maximum absolute atomic E-state index is 12.0. The first kappa shape index (κ1) is 13.5. The summed E-state index contributed by atoms with van der Waals surface area (Å²) in [5.41, 5.74) is 1.30. The van der Waals surface area contributed by atoms with Crippen LogP contribution in [0.15, 0.2) is 17.1 Å². The smallest absolute Gasteiger partial charge is 0.349 e. The predicted octanol–water partition coefficient (Wildman–Crippen LogP) is 0.482. The highest BCUT2D eigenvalue weighted by atomic mass is 16.8. The van der Waals surface area contributed by atoms with Crippen molar-refractivity contribution >= 4 is 5.82 Å². The zero-order chi connectivity index (χ0) is 14.5. The fourth-order valence-corrected chi connectivity index (χ4v) is 2.67. The molecule has 0 amide bonds. The van der Waals surface area contributed by atoms with Crippen LogP contribution in [0.4, 0.5) is 5.82 Å². The van der Waals surface area contributed by atoms with Gasteiger partial charge in [-0.05, 0) is 26.8 Å². The van der Waals surface area contributed by atoms with E-state index < -0.39 is 17.7 Å². The van der Waals surface area contributed by atoms with Crippen molar-refractivity contribution < 1.29 is 19.4 Å². The lowest BCUT2D eigenvalue weighted by Gasteiger charge is -2.23. The molecular formula is C12H17N3O5. The van der Waals surface area contributed by atoms with Gasteiger partial charge in [0.15, 0.2) is 17.8 Å². The fourth-order valence-electron chi connectivity index (χ4n) is 2.67. The molecule has 1 unspecified atom stereocenters. The Balaban J connectivity index is 1.93. The molecule has 2 N–H and O–H groups in total. The SMILES string of the molecule is C[C@H]1O[C@@H](n2ccc(NO)nc2=O)[C@H]2OC(C)(C)OC12. The molecule has 0 bridgehead atoms. The summed E-state index contributed by atoms with van der Waals surface area (Å²) >= 11 is 0. The lowest BCUT2D eigenvalue weighted by molar-refractivity contribution is -0.195. The summed E-state index contributed by atoms with van der Waals surface area (Å²) in [6.07, 6.45) is 0.131. The fraction of sp³-hybridized carbons (Fsp3) is 0.667. The average molecular weight is 283 g/mol. The van der Waals surface area contributed by atoms with Crippen molar-refractivity contribution in [1.82, 2.24) is 9.55 Å². The first-order valence-corrected chi connectivity index (χ1v) is 6.42. The van der Waals surface area contributed by atoms with Crippen molar-refractivity contribution in [2.24, 2.45) is 0 Å². The highest BCUT2D eigenvalue weighted by molar-refractivity contribution is 5.28. The molecule has 3 heterocycles. The average Bonchev–Trinajstić information content (AvgIpc) is 2.85. The molecule has 1 aromatic rings. The van der Waals surface area contributed by atoms with Gasteiger partial charge in [-0.2, -0.15) is 4.98 Å². The molecule has 0 radical (unpaired) electrons. The highest BCUT2D eigenvalue weighted by Gasteiger charge is 2.54. The molecule has 1 aromatic heterocycles. The van der Waals surface area contributed by atoms with E-state index in [1.807, 2.05) is 26.3 Å². The Bertz CT molecular complexity index is 572. The molecule has 2 aliphatic rings. The van der Waals surface area contributed by atoms with Crippen LogP contribution < -0.4 is 11.2 Å². The topological polar surface area (TPSA) is 94.8 Å². The van der Waals surface area contributed by atoms with Crippen LogP contribution in [0, 0.1) is 0 Å². The number of nitrogens with one attached hydrogen (secondary N) is 1. The van der Waals surface area contributed by atoms with Crippen molar-refractivity contribution in [2.45, 2.75) is 51.1 Å². The molecular weight excluding hydrogens is 266 g/mol. The Labute approximate surface area is 115 Å². The molecule has 20 heavy (non-hydrogen) atoms. The van der Waals surface area contributed by atoms with Crippen LogP contribution >= 0.6 is 0 Å². The number of anilines is 1. The van der Waals surface area contributed by atoms with Crippen molar-refractivity contribution in [3.63, 3.8) is 0 Å². The van der Waals surface area contributed by atoms with Crippen LogP contribution in [-0.4, -0.2) is 38.9 Å². The second kappa shape index (κ2) is 4.52. The Morgan fingerprint density at radius 2 is 2.10 bits per heavy atom. The maximum Gasteiger partial charge on any atom is 0.351 e. The van der Waals surface area contributed by atoms with E-state index in [1.165, 1.54) is 16.8 Å². The number of aromatic nitrogens is 2. The van der Waals surface area contributed by atoms with E-state index >= 15 is 0 Å². The second-order valence-electron chi connectivity index (χ2n) is 5.41. The van der Waals surface area contributed by atoms with Crippen molar-refractivity contribution in [3.8, 4) is 0 Å². The molecule has 0 spiro atoms. The van der Waals surface area contributed by atoms with Crippen LogP contribution in [-0.2, 0) is 14.2 Å². The predicted molar refractivity (Wildman–Crippen MR) is 67.3 cm³/mol. The number of ether oxygens (including phenoxy) is 3. The van der Waals surface area contributed by atoms with Gasteiger partial charge in [0.2, 0.25) is 0 Å². The molecule has 0 aliphatic carbocycles. The Kier molecular flexibility index (Phi) is 3.05. The summed E-state index contributed by atoms with van der Waals surface area (Å²) in [6, 6.07) is 1.48. The van der Waals surface area contributed by atoms with Gasteiger partial charge in [-0.1, -0.05) is 0 Å². The molecule has 2 fully saturated rings. The molecule has 4 atom stereocenters. The van der Waals surface area contributed by atoms with Gasteiger partial charge in [-0.15, -0.1) is 0 Å². The summed E-state index contributed by atoms with van der Waals surface area (Å²) in [4.78, 5) is 15.6. The second-order valence-corrected chi connectivity index (χ2v) is 5.41. The Hall–Kier alpha value is -1.48. The number of hydrogen-bond acceptors (Lipinski definition) is 7. The van der Waals surface area contributed by atoms with E-state index in [0.717, 1.165) is 0 Å². The van der Waals surface area contributed by atoms with Crippen molar-refractivity contribution in [3.05, 3.63) is 22.7 Å². The minimum absolute atomic E-state index is 0.0813. The first-order chi connectivity index (χ1) is 9.41. The summed E-state index contributed by atoms with van der Waals surface area (Å²) in [5, 5.41) is 8.74. The van der Waals surface area contributed by atoms with E-state index in [9.17, 15) is 4.79 Å². The van der Waals surface area contributed by atoms with Gasteiger partial charge in [-0.3, -0.25) is 15.3 Å². The van der Waals surface area contributed by atoms with Gasteiger partial charge >= 0.3 is 5.69 Å². The molecule has 8 heteroatoms. The summed E-state index contributed by atoms with van der Waals surface area (Å²) in [5.74, 6) is -0.618. The quantitative estimate of drug-likeness (QED) is 0.762. The Morgan fingerprint density at radius 3 is 2.75 bits per heavy atom. The zero-order valence-electron chi connectivity index (χ0n) is 11.4. The van der Waals surface area contributed by atoms with Gasteiger partial charge in [0.25, 0.3) is 0 Å². The highest BCUT2D eigenvalue weighted by Crippen LogP contribution is 2.42. The van der Waals surface area contributed by atoms with E-state index in [4.69, 9.17) is 19.4 Å². The molecule has 2 aliphatic heterocycles. The first-order valence-electron chi connectivity index (χ1n) is 6.42. The largest absolute Gasteiger partial charge is 0.351 e. The number of hydrogen-bond donors (Lipinski definition) is 2. The van der Waals surface area contributed by atoms with Gasteiger partial charge in [0.05, 0.1) is 6.10 Å². The zero-order valence-corrected chi connectivity index (χ0v) is 11.4. The van der Waals surface area contributed by atoms with Gasteiger partial charge in [-0.25, -0.2) is 4.79 Å². The van der Waals surface area contributed by atoms with Crippen LogP contribution in [0.3, 0.4) is 0 Å². The minimum Gasteiger partial charge on any atom is -0.349 e. The van der Waals surface area contributed by atoms with Gasteiger partial charge < -0.3 is 14.2 Å². The molecule has 3 rings (SSSR count). The third kappa shape index (κ3) is 2.10. The third-order valence-corrected chi connectivity index (χ3v) is 3.48. The molecule has 8 nitrogen and oxygen atoms in total. The molecule has 110 valence electrons. The number of fused-ring (bicyclic) bond motifs is 1. The number of nitrogens with zero attached hydrogens (tertiary/aromatic N) is 2. The van der Waals surface area contributed by atoms with Gasteiger partial charge in [0.1, 0.15) is 12.2 Å². The van der Waals surface area contributed by atoms with E-state index in [-0.39, 0.29) is 24.1 Å². The van der Waals surface area contributed by atoms with E-state index in [0.29, 0.717) is 0 Å². The van der Waals surface area contributed by atoms with E-state index in [2.05, 4.69) is 4.98 Å². The van der Waals surface area contributed by atoms with Crippen molar-refractivity contribution in [1.29, 1.82) is 0 Å². The monoisotopic (exact) mass is 283 g/mol. The van der Waals surface area contributed by atoms with Crippen LogP contribution in [0.2, 0.25) is 0 Å². The normalized spacial score (nSPS) is 35.0. The molecule has 0 saturated carbocycles. The molecule has 2 saturated heterocycles. The maximum atomic E-state index is 12.0. The standard InChI is InChI=1S/C12H17N3O5/c1-6-8-9(20-12(2,3)19-8)10(18-6)15-5-4-7(14-17)13-11(15)16/h4-6,8-10,17H,1-3H3,(H,13,14,16)/t6-,8?,9+,10-/m1/s1.